The number of sulfonamides is 1. The molecule has 0 spiro atoms. The summed E-state index contributed by atoms with van der Waals surface area (Å²) in [5.74, 6) is -0.0729. The van der Waals surface area contributed by atoms with Gasteiger partial charge >= 0.3 is 0 Å². The van der Waals surface area contributed by atoms with E-state index in [1.54, 1.807) is 12.1 Å². The Kier molecular flexibility index (Phi) is 11.3. The Hall–Kier alpha value is -2.07. The minimum atomic E-state index is -3.84. The molecule has 37 heavy (non-hydrogen) atoms. The van der Waals surface area contributed by atoms with Crippen molar-refractivity contribution in [1.82, 2.24) is 9.21 Å². The van der Waals surface area contributed by atoms with Crippen molar-refractivity contribution in [2.24, 2.45) is 0 Å². The highest BCUT2D eigenvalue weighted by atomic mass is 32.2. The van der Waals surface area contributed by atoms with Crippen LogP contribution in [0.15, 0.2) is 58.3 Å². The van der Waals surface area contributed by atoms with Crippen molar-refractivity contribution in [2.45, 2.75) is 55.7 Å². The van der Waals surface area contributed by atoms with Crippen molar-refractivity contribution in [3.05, 3.63) is 54.1 Å². The van der Waals surface area contributed by atoms with Crippen LogP contribution in [0.2, 0.25) is 0 Å². The lowest BCUT2D eigenvalue weighted by atomic mass is 10.1. The van der Waals surface area contributed by atoms with Crippen LogP contribution in [0.25, 0.3) is 0 Å². The molecule has 204 valence electrons. The average Bonchev–Trinajstić information content (AvgIpc) is 2.91. The number of unbranched alkanes of at least 4 members (excludes halogenated alkanes) is 1. The Labute approximate surface area is 225 Å². The van der Waals surface area contributed by atoms with Crippen molar-refractivity contribution >= 4 is 32.3 Å². The lowest BCUT2D eigenvalue weighted by molar-refractivity contribution is 0.0977. The Bertz CT molecular complexity index is 1140. The first-order valence-corrected chi connectivity index (χ1v) is 16.3. The maximum Gasteiger partial charge on any atom is 0.244 e. The first kappa shape index (κ1) is 29.5. The zero-order valence-corrected chi connectivity index (χ0v) is 24.0. The summed E-state index contributed by atoms with van der Waals surface area (Å²) in [7, 11) is -5.33. The van der Waals surface area contributed by atoms with Crippen LogP contribution < -0.4 is 4.90 Å². The van der Waals surface area contributed by atoms with Gasteiger partial charge in [-0.2, -0.15) is 4.31 Å². The van der Waals surface area contributed by atoms with Crippen molar-refractivity contribution in [3.8, 4) is 0 Å². The fourth-order valence-electron chi connectivity index (χ4n) is 4.74. The molecule has 0 saturated carbocycles. The smallest absolute Gasteiger partial charge is 0.244 e. The van der Waals surface area contributed by atoms with Crippen LogP contribution in [0.1, 0.15) is 56.3 Å². The molecule has 9 heteroatoms. The van der Waals surface area contributed by atoms with E-state index >= 15 is 0 Å². The largest absolute Gasteiger partial charge is 0.369 e. The van der Waals surface area contributed by atoms with Gasteiger partial charge in [0.05, 0.1) is 20.6 Å². The van der Waals surface area contributed by atoms with Gasteiger partial charge in [0.15, 0.2) is 5.78 Å². The predicted molar refractivity (Wildman–Crippen MR) is 151 cm³/mol. The third-order valence-electron chi connectivity index (χ3n) is 6.76. The zero-order chi connectivity index (χ0) is 26.8. The van der Waals surface area contributed by atoms with E-state index in [2.05, 4.69) is 34.1 Å². The summed E-state index contributed by atoms with van der Waals surface area (Å²) in [5, 5.41) is 0. The number of rotatable bonds is 14. The normalized spacial score (nSPS) is 15.7. The number of anilines is 1. The van der Waals surface area contributed by atoms with Crippen molar-refractivity contribution in [2.75, 3.05) is 57.0 Å². The molecule has 1 heterocycles. The molecule has 1 saturated heterocycles. The van der Waals surface area contributed by atoms with E-state index in [0.29, 0.717) is 37.9 Å². The second-order valence-corrected chi connectivity index (χ2v) is 12.8. The van der Waals surface area contributed by atoms with E-state index in [4.69, 9.17) is 0 Å². The Balaban J connectivity index is 1.57. The van der Waals surface area contributed by atoms with Gasteiger partial charge in [-0.15, -0.1) is 0 Å². The van der Waals surface area contributed by atoms with Crippen LogP contribution >= 0.6 is 0 Å². The van der Waals surface area contributed by atoms with Gasteiger partial charge in [-0.05, 0) is 56.5 Å². The molecule has 3 rings (SSSR count). The molecule has 1 unspecified atom stereocenters. The summed E-state index contributed by atoms with van der Waals surface area (Å²) in [6.07, 6.45) is 4.87. The van der Waals surface area contributed by atoms with Crippen LogP contribution in [0.4, 0.5) is 5.69 Å². The maximum absolute atomic E-state index is 13.4. The molecule has 0 radical (unpaired) electrons. The maximum atomic E-state index is 13.4. The first-order chi connectivity index (χ1) is 17.8. The SMILES string of the molecule is CCCN(CCC)S(=O)(=O)c1cc(C(=O)CCCCN2CCN(c3ccccc3)CC2)ccc1S(C)=O. The molecule has 0 N–H and O–H groups in total. The second kappa shape index (κ2) is 14.2. The van der Waals surface area contributed by atoms with Gasteiger partial charge in [0.2, 0.25) is 10.0 Å². The monoisotopic (exact) mass is 547 g/mol. The topological polar surface area (TPSA) is 78.0 Å². The first-order valence-electron chi connectivity index (χ1n) is 13.3. The molecule has 1 aliphatic heterocycles. The molecular formula is C28H41N3O4S2. The minimum absolute atomic E-state index is 0.00243. The summed E-state index contributed by atoms with van der Waals surface area (Å²) in [6.45, 7) is 9.61. The van der Waals surface area contributed by atoms with Gasteiger partial charge in [-0.1, -0.05) is 38.1 Å². The third-order valence-corrected chi connectivity index (χ3v) is 9.80. The summed E-state index contributed by atoms with van der Waals surface area (Å²) >= 11 is 0. The van der Waals surface area contributed by atoms with Gasteiger partial charge in [-0.25, -0.2) is 8.42 Å². The molecule has 0 aliphatic carbocycles. The lowest BCUT2D eigenvalue weighted by Crippen LogP contribution is -2.46. The minimum Gasteiger partial charge on any atom is -0.369 e. The highest BCUT2D eigenvalue weighted by Gasteiger charge is 2.28. The van der Waals surface area contributed by atoms with Crippen LogP contribution in [-0.4, -0.2) is 79.7 Å². The number of carbonyl (C=O) groups is 1. The summed E-state index contributed by atoms with van der Waals surface area (Å²) in [5.41, 5.74) is 1.64. The van der Waals surface area contributed by atoms with Gasteiger partial charge in [-0.3, -0.25) is 13.9 Å². The van der Waals surface area contributed by atoms with E-state index in [1.165, 1.54) is 22.3 Å². The fourth-order valence-corrected chi connectivity index (χ4v) is 7.74. The van der Waals surface area contributed by atoms with Crippen molar-refractivity contribution in [3.63, 3.8) is 0 Å². The lowest BCUT2D eigenvalue weighted by Gasteiger charge is -2.36. The number of piperazine rings is 1. The molecule has 1 aliphatic rings. The van der Waals surface area contributed by atoms with Crippen LogP contribution in [0, 0.1) is 0 Å². The van der Waals surface area contributed by atoms with Gasteiger partial charge in [0.1, 0.15) is 0 Å². The van der Waals surface area contributed by atoms with E-state index in [-0.39, 0.29) is 15.6 Å². The Morgan fingerprint density at radius 3 is 2.19 bits per heavy atom. The van der Waals surface area contributed by atoms with Crippen LogP contribution in [0.5, 0.6) is 0 Å². The molecule has 0 aromatic heterocycles. The van der Waals surface area contributed by atoms with E-state index in [9.17, 15) is 17.4 Å². The predicted octanol–water partition coefficient (Wildman–Crippen LogP) is 4.41. The summed E-state index contributed by atoms with van der Waals surface area (Å²) in [6, 6.07) is 15.1. The van der Waals surface area contributed by atoms with E-state index in [1.807, 2.05) is 19.9 Å². The number of Topliss-reactive ketones (excluding diaryl/α,β-unsaturated/α-hetero) is 1. The molecule has 2 aromatic rings. The molecule has 0 amide bonds. The molecule has 1 atom stereocenters. The fraction of sp³-hybridized carbons (Fsp3) is 0.536. The molecule has 7 nitrogen and oxygen atoms in total. The van der Waals surface area contributed by atoms with Crippen LogP contribution in [0.3, 0.4) is 0 Å². The van der Waals surface area contributed by atoms with Gasteiger partial charge < -0.3 is 4.90 Å². The number of nitrogens with zero attached hydrogens (tertiary/aromatic N) is 3. The van der Waals surface area contributed by atoms with Crippen molar-refractivity contribution in [1.29, 1.82) is 0 Å². The summed E-state index contributed by atoms with van der Waals surface area (Å²) in [4.78, 5) is 18.1. The van der Waals surface area contributed by atoms with Crippen LogP contribution in [-0.2, 0) is 20.8 Å². The molecule has 1 fully saturated rings. The number of carbonyl (C=O) groups excluding carboxylic acids is 1. The number of hydrogen-bond acceptors (Lipinski definition) is 6. The second-order valence-electron chi connectivity index (χ2n) is 9.56. The van der Waals surface area contributed by atoms with Gasteiger partial charge in [0, 0.05) is 63.2 Å². The number of ketones is 1. The summed E-state index contributed by atoms with van der Waals surface area (Å²) < 4.78 is 40.6. The van der Waals surface area contributed by atoms with Gasteiger partial charge in [0.25, 0.3) is 0 Å². The molecule has 2 aromatic carbocycles. The third kappa shape index (κ3) is 7.96. The van der Waals surface area contributed by atoms with Crippen molar-refractivity contribution < 1.29 is 17.4 Å². The average molecular weight is 548 g/mol. The van der Waals surface area contributed by atoms with E-state index in [0.717, 1.165) is 45.6 Å². The highest BCUT2D eigenvalue weighted by Crippen LogP contribution is 2.26. The quantitative estimate of drug-likeness (QED) is 0.258. The number of benzene rings is 2. The number of para-hydroxylation sites is 1. The Morgan fingerprint density at radius 2 is 1.59 bits per heavy atom. The number of hydrogen-bond donors (Lipinski definition) is 0. The zero-order valence-electron chi connectivity index (χ0n) is 22.4. The van der Waals surface area contributed by atoms with E-state index < -0.39 is 20.8 Å². The molecular weight excluding hydrogens is 506 g/mol. The Morgan fingerprint density at radius 1 is 0.946 bits per heavy atom. The molecule has 0 bridgehead atoms. The highest BCUT2D eigenvalue weighted by molar-refractivity contribution is 7.90. The standard InChI is InChI=1S/C28H41N3O4S2/c1-4-16-31(17-5-2)37(34,35)28-23-24(14-15-27(28)36(3)33)26(32)13-9-10-18-29-19-21-30(22-20-29)25-11-7-6-8-12-25/h6-8,11-12,14-15,23H,4-5,9-10,13,16-22H2,1-3H3.